The van der Waals surface area contributed by atoms with Gasteiger partial charge in [-0.25, -0.2) is 4.39 Å². The van der Waals surface area contributed by atoms with Gasteiger partial charge in [0, 0.05) is 10.5 Å². The smallest absolute Gasteiger partial charge is 0.126 e. The third kappa shape index (κ3) is 3.81. The molecule has 2 rings (SSSR count). The predicted octanol–water partition coefficient (Wildman–Crippen LogP) is 3.71. The lowest BCUT2D eigenvalue weighted by Gasteiger charge is -2.15. The molecule has 1 atom stereocenters. The quantitative estimate of drug-likeness (QED) is 0.902. The van der Waals surface area contributed by atoms with Gasteiger partial charge in [0.25, 0.3) is 0 Å². The molecule has 0 radical (unpaired) electrons. The van der Waals surface area contributed by atoms with Crippen LogP contribution in [-0.4, -0.2) is 13.2 Å². The third-order valence-electron chi connectivity index (χ3n) is 3.16. The van der Waals surface area contributed by atoms with Gasteiger partial charge in [0.1, 0.15) is 11.6 Å². The summed E-state index contributed by atoms with van der Waals surface area (Å²) in [5, 5.41) is 0. The minimum atomic E-state index is -0.219. The number of nitrogens with two attached hydrogens (primary N) is 1. The van der Waals surface area contributed by atoms with Crippen molar-refractivity contribution in [3.8, 4) is 5.75 Å². The van der Waals surface area contributed by atoms with Crippen LogP contribution in [0, 0.1) is 5.82 Å². The summed E-state index contributed by atoms with van der Waals surface area (Å²) in [6.45, 7) is 0. The van der Waals surface area contributed by atoms with Crippen molar-refractivity contribution in [3.05, 3.63) is 63.9 Å². The highest BCUT2D eigenvalue weighted by Gasteiger charge is 2.12. The SMILES string of the molecule is COc1ccccc1CC(N)Cc1cc(Br)ccc1F. The number of para-hydroxylation sites is 1. The van der Waals surface area contributed by atoms with E-state index in [2.05, 4.69) is 15.9 Å². The van der Waals surface area contributed by atoms with E-state index in [1.807, 2.05) is 24.3 Å². The van der Waals surface area contributed by atoms with Crippen LogP contribution in [0.25, 0.3) is 0 Å². The highest BCUT2D eigenvalue weighted by atomic mass is 79.9. The first-order valence-electron chi connectivity index (χ1n) is 6.41. The maximum atomic E-state index is 13.7. The molecule has 0 saturated carbocycles. The molecule has 0 fully saturated rings. The molecule has 0 amide bonds. The first-order chi connectivity index (χ1) is 9.60. The fraction of sp³-hybridized carbons (Fsp3) is 0.250. The van der Waals surface area contributed by atoms with E-state index in [4.69, 9.17) is 10.5 Å². The second kappa shape index (κ2) is 6.86. The van der Waals surface area contributed by atoms with Gasteiger partial charge >= 0.3 is 0 Å². The Labute approximate surface area is 126 Å². The Morgan fingerprint density at radius 2 is 1.85 bits per heavy atom. The van der Waals surface area contributed by atoms with Gasteiger partial charge in [-0.3, -0.25) is 0 Å². The lowest BCUT2D eigenvalue weighted by atomic mass is 9.99. The molecular formula is C16H17BrFNO. The van der Waals surface area contributed by atoms with E-state index >= 15 is 0 Å². The normalized spacial score (nSPS) is 12.2. The van der Waals surface area contributed by atoms with E-state index in [1.165, 1.54) is 6.07 Å². The molecule has 20 heavy (non-hydrogen) atoms. The molecule has 0 saturated heterocycles. The maximum absolute atomic E-state index is 13.7. The number of methoxy groups -OCH3 is 1. The molecule has 2 aromatic rings. The molecule has 0 bridgehead atoms. The van der Waals surface area contributed by atoms with Crippen molar-refractivity contribution in [3.63, 3.8) is 0 Å². The number of hydrogen-bond donors (Lipinski definition) is 1. The minimum Gasteiger partial charge on any atom is -0.496 e. The molecule has 0 aromatic heterocycles. The Bertz CT molecular complexity index is 588. The van der Waals surface area contributed by atoms with Crippen molar-refractivity contribution >= 4 is 15.9 Å². The van der Waals surface area contributed by atoms with Crippen LogP contribution in [0.3, 0.4) is 0 Å². The topological polar surface area (TPSA) is 35.2 Å². The van der Waals surface area contributed by atoms with Crippen LogP contribution in [0.2, 0.25) is 0 Å². The summed E-state index contributed by atoms with van der Waals surface area (Å²) in [4.78, 5) is 0. The van der Waals surface area contributed by atoms with E-state index in [1.54, 1.807) is 19.2 Å². The number of rotatable bonds is 5. The first kappa shape index (κ1) is 15.0. The summed E-state index contributed by atoms with van der Waals surface area (Å²) in [7, 11) is 1.64. The lowest BCUT2D eigenvalue weighted by Crippen LogP contribution is -2.26. The van der Waals surface area contributed by atoms with Gasteiger partial charge < -0.3 is 10.5 Å². The van der Waals surface area contributed by atoms with Crippen LogP contribution in [0.15, 0.2) is 46.9 Å². The van der Waals surface area contributed by atoms with Crippen molar-refractivity contribution in [2.75, 3.05) is 7.11 Å². The van der Waals surface area contributed by atoms with Crippen LogP contribution in [-0.2, 0) is 12.8 Å². The van der Waals surface area contributed by atoms with Crippen LogP contribution >= 0.6 is 15.9 Å². The van der Waals surface area contributed by atoms with Gasteiger partial charge in [-0.15, -0.1) is 0 Å². The summed E-state index contributed by atoms with van der Waals surface area (Å²) in [6.07, 6.45) is 1.14. The molecule has 0 aliphatic carbocycles. The van der Waals surface area contributed by atoms with Crippen molar-refractivity contribution < 1.29 is 9.13 Å². The maximum Gasteiger partial charge on any atom is 0.126 e. The van der Waals surface area contributed by atoms with E-state index in [-0.39, 0.29) is 11.9 Å². The summed E-state index contributed by atoms with van der Waals surface area (Å²) in [5.41, 5.74) is 7.81. The lowest BCUT2D eigenvalue weighted by molar-refractivity contribution is 0.407. The van der Waals surface area contributed by atoms with Crippen LogP contribution in [0.1, 0.15) is 11.1 Å². The molecule has 0 aliphatic rings. The molecule has 0 spiro atoms. The average Bonchev–Trinajstić information content (AvgIpc) is 2.43. The predicted molar refractivity (Wildman–Crippen MR) is 82.5 cm³/mol. The van der Waals surface area contributed by atoms with E-state index < -0.39 is 0 Å². The fourth-order valence-corrected chi connectivity index (χ4v) is 2.62. The Kier molecular flexibility index (Phi) is 5.15. The average molecular weight is 338 g/mol. The number of halogens is 2. The first-order valence-corrected chi connectivity index (χ1v) is 7.21. The molecule has 1 unspecified atom stereocenters. The fourth-order valence-electron chi connectivity index (χ4n) is 2.21. The third-order valence-corrected chi connectivity index (χ3v) is 3.66. The molecule has 4 heteroatoms. The number of benzene rings is 2. The van der Waals surface area contributed by atoms with Gasteiger partial charge in [-0.2, -0.15) is 0 Å². The molecular weight excluding hydrogens is 321 g/mol. The van der Waals surface area contributed by atoms with Crippen LogP contribution < -0.4 is 10.5 Å². The zero-order valence-electron chi connectivity index (χ0n) is 11.3. The second-order valence-electron chi connectivity index (χ2n) is 4.72. The highest BCUT2D eigenvalue weighted by molar-refractivity contribution is 9.10. The summed E-state index contributed by atoms with van der Waals surface area (Å²) in [6, 6.07) is 12.5. The monoisotopic (exact) mass is 337 g/mol. The van der Waals surface area contributed by atoms with E-state index in [0.717, 1.165) is 15.8 Å². The van der Waals surface area contributed by atoms with Crippen molar-refractivity contribution in [2.24, 2.45) is 5.73 Å². The summed E-state index contributed by atoms with van der Waals surface area (Å²) >= 11 is 3.35. The largest absolute Gasteiger partial charge is 0.496 e. The Morgan fingerprint density at radius 1 is 1.15 bits per heavy atom. The van der Waals surface area contributed by atoms with Gasteiger partial charge in [0.05, 0.1) is 7.11 Å². The highest BCUT2D eigenvalue weighted by Crippen LogP contribution is 2.21. The van der Waals surface area contributed by atoms with Gasteiger partial charge in [0.15, 0.2) is 0 Å². The molecule has 2 N–H and O–H groups in total. The molecule has 106 valence electrons. The molecule has 2 aromatic carbocycles. The summed E-state index contributed by atoms with van der Waals surface area (Å²) < 4.78 is 19.9. The van der Waals surface area contributed by atoms with E-state index in [0.29, 0.717) is 18.4 Å². The second-order valence-corrected chi connectivity index (χ2v) is 5.63. The number of hydrogen-bond acceptors (Lipinski definition) is 2. The minimum absolute atomic E-state index is 0.157. The Hall–Kier alpha value is -1.39. The molecule has 2 nitrogen and oxygen atoms in total. The van der Waals surface area contributed by atoms with Gasteiger partial charge in [-0.05, 0) is 48.2 Å². The van der Waals surface area contributed by atoms with E-state index in [9.17, 15) is 4.39 Å². The molecule has 0 heterocycles. The number of ether oxygens (including phenoxy) is 1. The van der Waals surface area contributed by atoms with Crippen molar-refractivity contribution in [1.82, 2.24) is 0 Å². The zero-order chi connectivity index (χ0) is 14.5. The standard InChI is InChI=1S/C16H17BrFNO/c1-20-16-5-3-2-4-11(16)9-14(19)10-12-8-13(17)6-7-15(12)18/h2-8,14H,9-10,19H2,1H3. The van der Waals surface area contributed by atoms with Crippen LogP contribution in [0.4, 0.5) is 4.39 Å². The van der Waals surface area contributed by atoms with Crippen molar-refractivity contribution in [1.29, 1.82) is 0 Å². The summed E-state index contributed by atoms with van der Waals surface area (Å²) in [5.74, 6) is 0.598. The Balaban J connectivity index is 2.09. The zero-order valence-corrected chi connectivity index (χ0v) is 12.9. The van der Waals surface area contributed by atoms with Gasteiger partial charge in [0.2, 0.25) is 0 Å². The Morgan fingerprint density at radius 3 is 2.60 bits per heavy atom. The molecule has 0 aliphatic heterocycles. The van der Waals surface area contributed by atoms with Crippen LogP contribution in [0.5, 0.6) is 5.75 Å². The van der Waals surface area contributed by atoms with Crippen molar-refractivity contribution in [2.45, 2.75) is 18.9 Å². The van der Waals surface area contributed by atoms with Gasteiger partial charge in [-0.1, -0.05) is 34.1 Å².